The Kier molecular flexibility index (Phi) is 8.03. The minimum absolute atomic E-state index is 0.238. The third kappa shape index (κ3) is 5.73. The summed E-state index contributed by atoms with van der Waals surface area (Å²) in [6.07, 6.45) is 0. The molecule has 1 aliphatic rings. The van der Waals surface area contributed by atoms with Gasteiger partial charge in [0.2, 0.25) is 0 Å². The molecule has 3 unspecified atom stereocenters. The molecule has 1 heterocycles. The van der Waals surface area contributed by atoms with Gasteiger partial charge in [0.15, 0.2) is 9.84 Å². The van der Waals surface area contributed by atoms with E-state index >= 15 is 0 Å². The van der Waals surface area contributed by atoms with Gasteiger partial charge in [-0.05, 0) is 31.8 Å². The second kappa shape index (κ2) is 8.75. The molecule has 21 heavy (non-hydrogen) atoms. The van der Waals surface area contributed by atoms with Gasteiger partial charge in [-0.1, -0.05) is 27.7 Å². The summed E-state index contributed by atoms with van der Waals surface area (Å²) in [6, 6.07) is 0.289. The van der Waals surface area contributed by atoms with Crippen molar-refractivity contribution in [3.05, 3.63) is 0 Å². The fraction of sp³-hybridized carbons (Fsp3) is 1.00. The maximum atomic E-state index is 12.3. The summed E-state index contributed by atoms with van der Waals surface area (Å²) >= 11 is 1.76. The molecule has 3 atom stereocenters. The summed E-state index contributed by atoms with van der Waals surface area (Å²) in [7, 11) is -3.00. The molecule has 126 valence electrons. The lowest BCUT2D eigenvalue weighted by molar-refractivity contribution is 0.155. The van der Waals surface area contributed by atoms with Crippen LogP contribution in [0.25, 0.3) is 0 Å². The second-order valence-electron chi connectivity index (χ2n) is 6.49. The van der Waals surface area contributed by atoms with Gasteiger partial charge in [-0.2, -0.15) is 11.8 Å². The highest BCUT2D eigenvalue weighted by Crippen LogP contribution is 2.26. The molecule has 0 bridgehead atoms. The van der Waals surface area contributed by atoms with Crippen molar-refractivity contribution in [1.29, 1.82) is 0 Å². The second-order valence-corrected chi connectivity index (χ2v) is 10.1. The molecule has 0 radical (unpaired) electrons. The van der Waals surface area contributed by atoms with Crippen LogP contribution in [0.3, 0.4) is 0 Å². The normalized spacial score (nSPS) is 24.2. The Morgan fingerprint density at radius 3 is 2.48 bits per heavy atom. The van der Waals surface area contributed by atoms with Crippen molar-refractivity contribution in [3.8, 4) is 0 Å². The first-order valence-electron chi connectivity index (χ1n) is 8.05. The molecule has 6 heteroatoms. The fourth-order valence-electron chi connectivity index (χ4n) is 2.66. The van der Waals surface area contributed by atoms with Crippen LogP contribution in [-0.4, -0.2) is 61.6 Å². The molecule has 1 N–H and O–H groups in total. The van der Waals surface area contributed by atoms with Gasteiger partial charge in [-0.15, -0.1) is 0 Å². The zero-order chi connectivity index (χ0) is 16.0. The van der Waals surface area contributed by atoms with Gasteiger partial charge in [-0.3, -0.25) is 4.90 Å². The summed E-state index contributed by atoms with van der Waals surface area (Å²) in [5.74, 6) is 3.08. The van der Waals surface area contributed by atoms with E-state index in [1.807, 2.05) is 0 Å². The smallest absolute Gasteiger partial charge is 0.166 e. The van der Waals surface area contributed by atoms with Crippen LogP contribution < -0.4 is 5.32 Å². The summed E-state index contributed by atoms with van der Waals surface area (Å²) in [6.45, 7) is 13.4. The first-order chi connectivity index (χ1) is 9.79. The standard InChI is InChI=1S/C15H32N2O2S2/c1-6-21(18,19)15-11-20-8-7-17(15)14(5)13(4)10-16-9-12(2)3/h12-16H,6-11H2,1-5H3. The van der Waals surface area contributed by atoms with Crippen molar-refractivity contribution < 1.29 is 8.42 Å². The van der Waals surface area contributed by atoms with E-state index in [4.69, 9.17) is 0 Å². The molecule has 1 saturated heterocycles. The van der Waals surface area contributed by atoms with Gasteiger partial charge in [-0.25, -0.2) is 8.42 Å². The van der Waals surface area contributed by atoms with Gasteiger partial charge < -0.3 is 5.32 Å². The SMILES string of the molecule is CCS(=O)(=O)C1CSCCN1C(C)C(C)CNCC(C)C. The molecule has 4 nitrogen and oxygen atoms in total. The Hall–Kier alpha value is 0.220. The molecule has 0 aliphatic carbocycles. The highest BCUT2D eigenvalue weighted by Gasteiger charge is 2.36. The zero-order valence-electron chi connectivity index (χ0n) is 14.1. The Balaban J connectivity index is 2.66. The lowest BCUT2D eigenvalue weighted by Gasteiger charge is -2.41. The predicted molar refractivity (Wildman–Crippen MR) is 93.6 cm³/mol. The number of sulfone groups is 1. The van der Waals surface area contributed by atoms with Gasteiger partial charge in [0.05, 0.1) is 0 Å². The van der Waals surface area contributed by atoms with Crippen LogP contribution >= 0.6 is 11.8 Å². The van der Waals surface area contributed by atoms with Crippen molar-refractivity contribution in [3.63, 3.8) is 0 Å². The van der Waals surface area contributed by atoms with Crippen molar-refractivity contribution in [2.75, 3.05) is 36.9 Å². The minimum atomic E-state index is -3.00. The van der Waals surface area contributed by atoms with Crippen LogP contribution in [0.4, 0.5) is 0 Å². The van der Waals surface area contributed by atoms with E-state index in [1.165, 1.54) is 0 Å². The van der Waals surface area contributed by atoms with Crippen molar-refractivity contribution in [2.45, 2.75) is 46.0 Å². The number of hydrogen-bond donors (Lipinski definition) is 1. The monoisotopic (exact) mass is 336 g/mol. The Morgan fingerprint density at radius 1 is 1.24 bits per heavy atom. The topological polar surface area (TPSA) is 49.4 Å². The van der Waals surface area contributed by atoms with Gasteiger partial charge in [0.1, 0.15) is 5.37 Å². The maximum Gasteiger partial charge on any atom is 0.166 e. The average Bonchev–Trinajstić information content (AvgIpc) is 2.46. The predicted octanol–water partition coefficient (Wildman–Crippen LogP) is 2.07. The molecule has 0 amide bonds. The largest absolute Gasteiger partial charge is 0.316 e. The van der Waals surface area contributed by atoms with E-state index in [9.17, 15) is 8.42 Å². The minimum Gasteiger partial charge on any atom is -0.316 e. The van der Waals surface area contributed by atoms with Crippen molar-refractivity contribution >= 4 is 21.6 Å². The number of thioether (sulfide) groups is 1. The molecule has 0 saturated carbocycles. The third-order valence-corrected chi connectivity index (χ3v) is 7.61. The van der Waals surface area contributed by atoms with Crippen LogP contribution in [0.1, 0.15) is 34.6 Å². The van der Waals surface area contributed by atoms with E-state index in [-0.39, 0.29) is 17.2 Å². The Labute approximate surface area is 135 Å². The van der Waals surface area contributed by atoms with Crippen LogP contribution in [0.15, 0.2) is 0 Å². The van der Waals surface area contributed by atoms with Crippen molar-refractivity contribution in [2.24, 2.45) is 11.8 Å². The molecular weight excluding hydrogens is 304 g/mol. The van der Waals surface area contributed by atoms with E-state index in [0.717, 1.165) is 25.4 Å². The Morgan fingerprint density at radius 2 is 1.90 bits per heavy atom. The van der Waals surface area contributed by atoms with Gasteiger partial charge >= 0.3 is 0 Å². The highest BCUT2D eigenvalue weighted by atomic mass is 32.2. The fourth-order valence-corrected chi connectivity index (χ4v) is 5.77. The summed E-state index contributed by atoms with van der Waals surface area (Å²) in [5.41, 5.74) is 0. The lowest BCUT2D eigenvalue weighted by Crippen LogP contribution is -2.54. The first-order valence-corrected chi connectivity index (χ1v) is 10.9. The molecule has 1 fully saturated rings. The third-order valence-electron chi connectivity index (χ3n) is 4.31. The summed E-state index contributed by atoms with van der Waals surface area (Å²) in [5, 5.41) is 3.19. The molecule has 0 aromatic rings. The number of hydrogen-bond acceptors (Lipinski definition) is 5. The molecule has 0 aromatic carbocycles. The number of nitrogens with zero attached hydrogens (tertiary/aromatic N) is 1. The maximum absolute atomic E-state index is 12.3. The summed E-state index contributed by atoms with van der Waals surface area (Å²) < 4.78 is 24.6. The van der Waals surface area contributed by atoms with Crippen molar-refractivity contribution in [1.82, 2.24) is 10.2 Å². The Bertz CT molecular complexity index is 398. The average molecular weight is 337 g/mol. The summed E-state index contributed by atoms with van der Waals surface area (Å²) in [4.78, 5) is 2.22. The van der Waals surface area contributed by atoms with E-state index in [1.54, 1.807) is 18.7 Å². The van der Waals surface area contributed by atoms with Gasteiger partial charge in [0.25, 0.3) is 0 Å². The van der Waals surface area contributed by atoms with E-state index < -0.39 is 9.84 Å². The quantitative estimate of drug-likeness (QED) is 0.735. The molecule has 0 aromatic heterocycles. The van der Waals surface area contributed by atoms with Crippen LogP contribution in [0.2, 0.25) is 0 Å². The molecule has 1 aliphatic heterocycles. The van der Waals surface area contributed by atoms with Crippen LogP contribution in [0, 0.1) is 11.8 Å². The van der Waals surface area contributed by atoms with Gasteiger partial charge in [0, 0.05) is 29.8 Å². The highest BCUT2D eigenvalue weighted by molar-refractivity contribution is 8.01. The van der Waals surface area contributed by atoms with E-state index in [2.05, 4.69) is 37.9 Å². The van der Waals surface area contributed by atoms with E-state index in [0.29, 0.717) is 17.6 Å². The molecular formula is C15H32N2O2S2. The first kappa shape index (κ1) is 19.3. The number of rotatable bonds is 8. The zero-order valence-corrected chi connectivity index (χ0v) is 15.8. The molecule has 1 rings (SSSR count). The van der Waals surface area contributed by atoms with Crippen LogP contribution in [0.5, 0.6) is 0 Å². The molecule has 0 spiro atoms. The lowest BCUT2D eigenvalue weighted by atomic mass is 10.0. The van der Waals surface area contributed by atoms with Crippen LogP contribution in [-0.2, 0) is 9.84 Å². The number of nitrogens with one attached hydrogen (secondary N) is 1.